The minimum absolute atomic E-state index is 0.00425. The van der Waals surface area contributed by atoms with Gasteiger partial charge in [0.05, 0.1) is 16.1 Å². The third kappa shape index (κ3) is 6.48. The van der Waals surface area contributed by atoms with Gasteiger partial charge >= 0.3 is 11.9 Å². The van der Waals surface area contributed by atoms with Crippen LogP contribution < -0.4 is 16.1 Å². The average molecular weight is 604 g/mol. The Bertz CT molecular complexity index is 1680. The first kappa shape index (κ1) is 31.1. The number of carboxylic acids is 1. The monoisotopic (exact) mass is 603 g/mol. The molecule has 11 nitrogen and oxygen atoms in total. The number of rotatable bonds is 5. The maximum Gasteiger partial charge on any atom is 0.341 e. The first-order valence-corrected chi connectivity index (χ1v) is 15.0. The minimum Gasteiger partial charge on any atom is -0.477 e. The standard InChI is InChI=1S/C22H26FN3O5.C7H8O3S/c1-11-3-4-14-18-15(20(27)16(21(28)29)10-26(11)18)9-17(23)19(14)25-7-5-13(6-8-25)31-22(30)12(2)24;1-6-2-4-7(5-3-6)11(8,9)10/h9-13H,3-8,24H2,1-2H3,(H,28,29);2-5H,1H3,(H,8,9,10)/t11-,12-;/m0./s1. The molecule has 1 saturated heterocycles. The summed E-state index contributed by atoms with van der Waals surface area (Å²) in [6.45, 7) is 6.37. The molecule has 2 aromatic carbocycles. The molecule has 3 aromatic rings. The predicted molar refractivity (Wildman–Crippen MR) is 154 cm³/mol. The molecule has 0 spiro atoms. The SMILES string of the molecule is C[C@H](N)C(=O)OC1CCN(c2c(F)cc3c(=O)c(C(=O)O)cn4c3c2CC[C@@H]4C)CC1.Cc1ccc(S(=O)(=O)O)cc1. The van der Waals surface area contributed by atoms with Gasteiger partial charge in [-0.05, 0) is 51.8 Å². The van der Waals surface area contributed by atoms with Gasteiger partial charge in [0.2, 0.25) is 5.43 Å². The van der Waals surface area contributed by atoms with Gasteiger partial charge in [-0.1, -0.05) is 17.7 Å². The van der Waals surface area contributed by atoms with Crippen molar-refractivity contribution < 1.29 is 36.8 Å². The summed E-state index contributed by atoms with van der Waals surface area (Å²) in [4.78, 5) is 37.9. The van der Waals surface area contributed by atoms with Crippen LogP contribution in [0, 0.1) is 12.7 Å². The number of ether oxygens (including phenoxy) is 1. The Morgan fingerprint density at radius 3 is 2.31 bits per heavy atom. The molecular weight excluding hydrogens is 569 g/mol. The van der Waals surface area contributed by atoms with Crippen LogP contribution in [0.25, 0.3) is 10.9 Å². The van der Waals surface area contributed by atoms with Crippen LogP contribution in [0.15, 0.2) is 46.2 Å². The molecule has 42 heavy (non-hydrogen) atoms. The molecule has 1 fully saturated rings. The number of pyridine rings is 1. The molecule has 0 bridgehead atoms. The van der Waals surface area contributed by atoms with Crippen LogP contribution in [-0.4, -0.2) is 59.8 Å². The first-order valence-electron chi connectivity index (χ1n) is 13.6. The molecule has 0 unspecified atom stereocenters. The van der Waals surface area contributed by atoms with E-state index in [4.69, 9.17) is 15.0 Å². The van der Waals surface area contributed by atoms with E-state index < -0.39 is 39.3 Å². The number of aromatic carboxylic acids is 1. The molecule has 5 rings (SSSR count). The number of esters is 1. The number of piperidine rings is 1. The lowest BCUT2D eigenvalue weighted by molar-refractivity contribution is -0.151. The number of anilines is 1. The average Bonchev–Trinajstić information content (AvgIpc) is 2.92. The number of carboxylic acid groups (broad SMARTS) is 1. The Morgan fingerprint density at radius 2 is 1.76 bits per heavy atom. The van der Waals surface area contributed by atoms with E-state index in [9.17, 15) is 27.9 Å². The summed E-state index contributed by atoms with van der Waals surface area (Å²) in [5.41, 5.74) is 7.28. The van der Waals surface area contributed by atoms with E-state index in [2.05, 4.69) is 0 Å². The molecule has 0 aliphatic carbocycles. The molecule has 2 aliphatic heterocycles. The number of benzene rings is 2. The third-order valence-electron chi connectivity index (χ3n) is 7.59. The van der Waals surface area contributed by atoms with Crippen LogP contribution in [0.4, 0.5) is 10.1 Å². The number of aromatic nitrogens is 1. The lowest BCUT2D eigenvalue weighted by atomic mass is 9.93. The van der Waals surface area contributed by atoms with Crippen molar-refractivity contribution in [3.05, 3.63) is 69.3 Å². The highest BCUT2D eigenvalue weighted by molar-refractivity contribution is 7.85. The summed E-state index contributed by atoms with van der Waals surface area (Å²) in [7, 11) is -4.02. The molecule has 0 amide bonds. The first-order chi connectivity index (χ1) is 19.7. The highest BCUT2D eigenvalue weighted by Crippen LogP contribution is 2.39. The molecule has 1 aromatic heterocycles. The van der Waals surface area contributed by atoms with E-state index in [0.717, 1.165) is 11.1 Å². The van der Waals surface area contributed by atoms with E-state index in [-0.39, 0.29) is 28.0 Å². The second-order valence-electron chi connectivity index (χ2n) is 10.8. The number of carbonyl (C=O) groups is 2. The van der Waals surface area contributed by atoms with Gasteiger partial charge in [-0.25, -0.2) is 9.18 Å². The quantitative estimate of drug-likeness (QED) is 0.290. The summed E-state index contributed by atoms with van der Waals surface area (Å²) in [5.74, 6) is -2.30. The molecule has 13 heteroatoms. The molecular formula is C29H34FN3O8S. The molecule has 4 N–H and O–H groups in total. The van der Waals surface area contributed by atoms with Gasteiger partial charge in [0, 0.05) is 49.1 Å². The summed E-state index contributed by atoms with van der Waals surface area (Å²) in [5, 5.41) is 9.51. The van der Waals surface area contributed by atoms with E-state index in [0.29, 0.717) is 50.0 Å². The molecule has 2 aliphatic rings. The zero-order chi connectivity index (χ0) is 30.9. The van der Waals surface area contributed by atoms with Crippen molar-refractivity contribution in [3.8, 4) is 0 Å². The van der Waals surface area contributed by atoms with Gasteiger partial charge < -0.3 is 25.0 Å². The van der Waals surface area contributed by atoms with E-state index in [1.807, 2.05) is 18.7 Å². The molecule has 3 heterocycles. The Hall–Kier alpha value is -3.81. The molecule has 226 valence electrons. The van der Waals surface area contributed by atoms with Gasteiger partial charge in [-0.15, -0.1) is 0 Å². The topological polar surface area (TPSA) is 169 Å². The van der Waals surface area contributed by atoms with Crippen LogP contribution >= 0.6 is 0 Å². The zero-order valence-corrected chi connectivity index (χ0v) is 24.4. The van der Waals surface area contributed by atoms with Crippen LogP contribution in [0.2, 0.25) is 0 Å². The van der Waals surface area contributed by atoms with Gasteiger partial charge in [-0.2, -0.15) is 8.42 Å². The second kappa shape index (κ2) is 12.2. The van der Waals surface area contributed by atoms with Crippen molar-refractivity contribution in [1.82, 2.24) is 4.57 Å². The molecule has 0 saturated carbocycles. The number of nitrogens with zero attached hydrogens (tertiary/aromatic N) is 2. The van der Waals surface area contributed by atoms with Crippen molar-refractivity contribution in [2.45, 2.75) is 69.5 Å². The number of carbonyl (C=O) groups excluding carboxylic acids is 1. The second-order valence-corrected chi connectivity index (χ2v) is 12.2. The van der Waals surface area contributed by atoms with Crippen molar-refractivity contribution in [1.29, 1.82) is 0 Å². The Labute approximate surface area is 242 Å². The zero-order valence-electron chi connectivity index (χ0n) is 23.5. The highest BCUT2D eigenvalue weighted by Gasteiger charge is 2.31. The minimum atomic E-state index is -4.02. The molecule has 0 radical (unpaired) electrons. The number of hydrogen-bond donors (Lipinski definition) is 3. The maximum absolute atomic E-state index is 15.3. The maximum atomic E-state index is 15.3. The fourth-order valence-corrected chi connectivity index (χ4v) is 5.79. The van der Waals surface area contributed by atoms with E-state index in [1.54, 1.807) is 23.6 Å². The smallest absolute Gasteiger partial charge is 0.341 e. The lowest BCUT2D eigenvalue weighted by Crippen LogP contribution is -2.41. The number of nitrogens with two attached hydrogens (primary N) is 1. The largest absolute Gasteiger partial charge is 0.477 e. The predicted octanol–water partition coefficient (Wildman–Crippen LogP) is 3.45. The fraction of sp³-hybridized carbons (Fsp3) is 0.414. The van der Waals surface area contributed by atoms with Crippen LogP contribution in [0.3, 0.4) is 0 Å². The van der Waals surface area contributed by atoms with Crippen molar-refractivity contribution >= 4 is 38.6 Å². The van der Waals surface area contributed by atoms with Crippen LogP contribution in [0.1, 0.15) is 60.6 Å². The van der Waals surface area contributed by atoms with E-state index >= 15 is 4.39 Å². The van der Waals surface area contributed by atoms with Crippen molar-refractivity contribution in [2.24, 2.45) is 5.73 Å². The Balaban J connectivity index is 0.000000310. The van der Waals surface area contributed by atoms with Gasteiger partial charge in [-0.3, -0.25) is 14.1 Å². The Morgan fingerprint density at radius 1 is 1.14 bits per heavy atom. The lowest BCUT2D eigenvalue weighted by Gasteiger charge is -2.37. The normalized spacial score (nSPS) is 17.8. The van der Waals surface area contributed by atoms with Crippen LogP contribution in [-0.2, 0) is 26.1 Å². The Kier molecular flexibility index (Phi) is 9.04. The fourth-order valence-electron chi connectivity index (χ4n) is 5.31. The number of hydrogen-bond acceptors (Lipinski definition) is 8. The summed E-state index contributed by atoms with van der Waals surface area (Å²) < 4.78 is 52.0. The summed E-state index contributed by atoms with van der Waals surface area (Å²) >= 11 is 0. The highest BCUT2D eigenvalue weighted by atomic mass is 32.2. The van der Waals surface area contributed by atoms with Crippen molar-refractivity contribution in [3.63, 3.8) is 0 Å². The summed E-state index contributed by atoms with van der Waals surface area (Å²) in [6.07, 6.45) is 3.53. The summed E-state index contributed by atoms with van der Waals surface area (Å²) in [6, 6.07) is 6.46. The molecule has 2 atom stereocenters. The number of halogens is 1. The number of aryl methyl sites for hydroxylation is 2. The van der Waals surface area contributed by atoms with E-state index in [1.165, 1.54) is 24.4 Å². The van der Waals surface area contributed by atoms with Gasteiger partial charge in [0.1, 0.15) is 23.5 Å². The third-order valence-corrected chi connectivity index (χ3v) is 8.46. The van der Waals surface area contributed by atoms with Crippen molar-refractivity contribution in [2.75, 3.05) is 18.0 Å². The van der Waals surface area contributed by atoms with Gasteiger partial charge in [0.25, 0.3) is 10.1 Å². The van der Waals surface area contributed by atoms with Crippen LogP contribution in [0.5, 0.6) is 0 Å². The van der Waals surface area contributed by atoms with Gasteiger partial charge in [0.15, 0.2) is 0 Å².